The van der Waals surface area contributed by atoms with Crippen LogP contribution in [0.1, 0.15) is 25.7 Å². The van der Waals surface area contributed by atoms with Crippen molar-refractivity contribution in [2.75, 3.05) is 0 Å². The third-order valence-corrected chi connectivity index (χ3v) is 2.18. The van der Waals surface area contributed by atoms with Crippen LogP contribution < -0.4 is 0 Å². The maximum absolute atomic E-state index is 12.6. The van der Waals surface area contributed by atoms with Crippen molar-refractivity contribution >= 4 is 0 Å². The van der Waals surface area contributed by atoms with Crippen molar-refractivity contribution in [3.63, 3.8) is 0 Å². The molecule has 0 aromatic rings. The van der Waals surface area contributed by atoms with E-state index in [1.807, 2.05) is 0 Å². The van der Waals surface area contributed by atoms with Gasteiger partial charge in [-0.25, -0.2) is 0 Å². The molecule has 8 heteroatoms. The maximum Gasteiger partial charge on any atom is 0.460 e. The number of rotatable bonds is 5. The molecule has 0 N–H and O–H groups in total. The van der Waals surface area contributed by atoms with E-state index in [0.717, 1.165) is 0 Å². The first-order valence-corrected chi connectivity index (χ1v) is 4.27. The van der Waals surface area contributed by atoms with Crippen LogP contribution >= 0.6 is 0 Å². The summed E-state index contributed by atoms with van der Waals surface area (Å²) in [6.45, 7) is 0. The van der Waals surface area contributed by atoms with Gasteiger partial charge >= 0.3 is 11.7 Å². The van der Waals surface area contributed by atoms with Gasteiger partial charge in [0.25, 0.3) is 0 Å². The van der Waals surface area contributed by atoms with E-state index in [9.17, 15) is 23.3 Å². The second-order valence-electron chi connectivity index (χ2n) is 3.10. The number of nitro groups is 1. The summed E-state index contributed by atoms with van der Waals surface area (Å²) in [7, 11) is 0. The Bertz CT molecular complexity index is 322. The predicted molar refractivity (Wildman–Crippen MR) is 45.5 cm³/mol. The summed E-state index contributed by atoms with van der Waals surface area (Å²) < 4.78 is 37.8. The Hall–Kier alpha value is -1.83. The SMILES string of the molecule is N#CCCC(CCC#N)([N+](=O)[O-])C(F)(F)F. The molecule has 0 saturated carbocycles. The van der Waals surface area contributed by atoms with E-state index < -0.39 is 42.3 Å². The topological polar surface area (TPSA) is 90.7 Å². The molecule has 0 bridgehead atoms. The second kappa shape index (κ2) is 5.31. The zero-order valence-corrected chi connectivity index (χ0v) is 8.12. The molecule has 0 heterocycles. The Kier molecular flexibility index (Phi) is 4.70. The lowest BCUT2D eigenvalue weighted by atomic mass is 9.88. The van der Waals surface area contributed by atoms with Crippen molar-refractivity contribution in [3.8, 4) is 12.1 Å². The van der Waals surface area contributed by atoms with E-state index in [4.69, 9.17) is 10.5 Å². The quantitative estimate of drug-likeness (QED) is 0.539. The molecule has 0 saturated heterocycles. The van der Waals surface area contributed by atoms with Gasteiger partial charge in [-0.15, -0.1) is 0 Å². The molecule has 0 aliphatic carbocycles. The number of hydrogen-bond acceptors (Lipinski definition) is 4. The van der Waals surface area contributed by atoms with Crippen molar-refractivity contribution in [2.45, 2.75) is 37.4 Å². The molecule has 0 atom stereocenters. The Morgan fingerprint density at radius 1 is 1.12 bits per heavy atom. The van der Waals surface area contributed by atoms with Crippen molar-refractivity contribution in [1.29, 1.82) is 10.5 Å². The van der Waals surface area contributed by atoms with Gasteiger partial charge in [0.05, 0.1) is 12.1 Å². The van der Waals surface area contributed by atoms with Gasteiger partial charge in [-0.1, -0.05) is 0 Å². The highest BCUT2D eigenvalue weighted by atomic mass is 19.4. The summed E-state index contributed by atoms with van der Waals surface area (Å²) in [5.74, 6) is 0. The van der Waals surface area contributed by atoms with Crippen molar-refractivity contribution in [1.82, 2.24) is 0 Å². The highest BCUT2D eigenvalue weighted by molar-refractivity contribution is 4.93. The third kappa shape index (κ3) is 2.83. The maximum atomic E-state index is 12.6. The third-order valence-electron chi connectivity index (χ3n) is 2.18. The number of hydrogen-bond donors (Lipinski definition) is 0. The molecule has 0 aliphatic heterocycles. The van der Waals surface area contributed by atoms with Crippen LogP contribution in [0, 0.1) is 32.8 Å². The predicted octanol–water partition coefficient (Wildman–Crippen LogP) is 2.17. The van der Waals surface area contributed by atoms with Gasteiger partial charge in [-0.05, 0) is 0 Å². The largest absolute Gasteiger partial charge is 0.460 e. The van der Waals surface area contributed by atoms with Gasteiger partial charge in [-0.2, -0.15) is 23.7 Å². The molecule has 88 valence electrons. The van der Waals surface area contributed by atoms with E-state index in [2.05, 4.69) is 0 Å². The summed E-state index contributed by atoms with van der Waals surface area (Å²) in [5.41, 5.74) is -3.18. The van der Waals surface area contributed by atoms with Crippen molar-refractivity contribution in [3.05, 3.63) is 10.1 Å². The van der Waals surface area contributed by atoms with Crippen LogP contribution in [0.15, 0.2) is 0 Å². The molecule has 0 spiro atoms. The Labute approximate surface area is 89.2 Å². The van der Waals surface area contributed by atoms with Crippen LogP contribution in [0.4, 0.5) is 13.2 Å². The van der Waals surface area contributed by atoms with Crippen molar-refractivity contribution < 1.29 is 18.1 Å². The fraction of sp³-hybridized carbons (Fsp3) is 0.750. The first kappa shape index (κ1) is 14.2. The lowest BCUT2D eigenvalue weighted by Crippen LogP contribution is -2.51. The molecule has 5 nitrogen and oxygen atoms in total. The monoisotopic (exact) mass is 235 g/mol. The van der Waals surface area contributed by atoms with Gasteiger partial charge in [0.15, 0.2) is 0 Å². The summed E-state index contributed by atoms with van der Waals surface area (Å²) >= 11 is 0. The number of nitriles is 2. The minimum atomic E-state index is -5.07. The van der Waals surface area contributed by atoms with Crippen LogP contribution in [0.3, 0.4) is 0 Å². The number of halogens is 3. The van der Waals surface area contributed by atoms with Gasteiger partial charge in [0.1, 0.15) is 0 Å². The summed E-state index contributed by atoms with van der Waals surface area (Å²) in [4.78, 5) is 9.10. The number of alkyl halides is 3. The average Bonchev–Trinajstić information content (AvgIpc) is 2.16. The molecular formula is C8H8F3N3O2. The minimum absolute atomic E-state index is 0.577. The fourth-order valence-corrected chi connectivity index (χ4v) is 1.22. The molecule has 0 unspecified atom stereocenters. The van der Waals surface area contributed by atoms with Gasteiger partial charge < -0.3 is 0 Å². The zero-order valence-electron chi connectivity index (χ0n) is 8.12. The standard InChI is InChI=1S/C8H8F3N3O2/c9-8(10,11)7(14(15)16,3-1-5-12)4-2-6-13/h1-4H2. The smallest absolute Gasteiger partial charge is 0.264 e. The molecule has 0 fully saturated rings. The van der Waals surface area contributed by atoms with E-state index >= 15 is 0 Å². The first-order valence-electron chi connectivity index (χ1n) is 4.27. The number of nitrogens with zero attached hydrogens (tertiary/aromatic N) is 3. The molecular weight excluding hydrogens is 227 g/mol. The highest BCUT2D eigenvalue weighted by Crippen LogP contribution is 2.40. The van der Waals surface area contributed by atoms with Crippen LogP contribution in [0.25, 0.3) is 0 Å². The van der Waals surface area contributed by atoms with Crippen LogP contribution in [0.2, 0.25) is 0 Å². The van der Waals surface area contributed by atoms with E-state index in [1.165, 1.54) is 12.1 Å². The van der Waals surface area contributed by atoms with Crippen LogP contribution in [0.5, 0.6) is 0 Å². The van der Waals surface area contributed by atoms with E-state index in [0.29, 0.717) is 0 Å². The summed E-state index contributed by atoms with van der Waals surface area (Å²) in [5, 5.41) is 26.9. The lowest BCUT2D eigenvalue weighted by molar-refractivity contribution is -0.615. The summed E-state index contributed by atoms with van der Waals surface area (Å²) in [6, 6.07) is 2.88. The molecule has 0 rings (SSSR count). The van der Waals surface area contributed by atoms with E-state index in [-0.39, 0.29) is 0 Å². The minimum Gasteiger partial charge on any atom is -0.264 e. The summed E-state index contributed by atoms with van der Waals surface area (Å²) in [6.07, 6.45) is -8.08. The average molecular weight is 235 g/mol. The van der Waals surface area contributed by atoms with Crippen LogP contribution in [-0.2, 0) is 0 Å². The van der Waals surface area contributed by atoms with Gasteiger partial charge in [0.2, 0.25) is 0 Å². The molecule has 0 aromatic heterocycles. The molecule has 16 heavy (non-hydrogen) atoms. The first-order chi connectivity index (χ1) is 7.31. The Balaban J connectivity index is 5.17. The molecule has 0 amide bonds. The van der Waals surface area contributed by atoms with Crippen LogP contribution in [-0.4, -0.2) is 16.6 Å². The highest BCUT2D eigenvalue weighted by Gasteiger charge is 2.64. The van der Waals surface area contributed by atoms with Gasteiger partial charge in [0, 0.05) is 30.6 Å². The normalized spacial score (nSPS) is 11.6. The second-order valence-corrected chi connectivity index (χ2v) is 3.10. The molecule has 0 aliphatic rings. The zero-order chi connectivity index (χ0) is 12.8. The van der Waals surface area contributed by atoms with Gasteiger partial charge in [-0.3, -0.25) is 10.1 Å². The molecule has 0 radical (unpaired) electrons. The Morgan fingerprint density at radius 2 is 1.50 bits per heavy atom. The fourth-order valence-electron chi connectivity index (χ4n) is 1.22. The van der Waals surface area contributed by atoms with Crippen molar-refractivity contribution in [2.24, 2.45) is 0 Å². The molecule has 0 aromatic carbocycles. The lowest BCUT2D eigenvalue weighted by Gasteiger charge is -2.25. The Morgan fingerprint density at radius 3 is 1.69 bits per heavy atom. The van der Waals surface area contributed by atoms with E-state index in [1.54, 1.807) is 0 Å².